The third kappa shape index (κ3) is 2.95. The van der Waals surface area contributed by atoms with E-state index in [9.17, 15) is 0 Å². The first kappa shape index (κ1) is 14.0. The number of nitrogens with two attached hydrogens (primary N) is 1. The molecule has 4 rings (SSSR count). The van der Waals surface area contributed by atoms with Crippen LogP contribution in [0.5, 0.6) is 0 Å². The molecule has 0 amide bonds. The van der Waals surface area contributed by atoms with E-state index in [0.717, 1.165) is 37.3 Å². The van der Waals surface area contributed by atoms with E-state index in [4.69, 9.17) is 5.73 Å². The number of likely N-dealkylation sites (tertiary alicyclic amines) is 1. The molecule has 1 aromatic carbocycles. The second-order valence-corrected chi connectivity index (χ2v) is 5.91. The summed E-state index contributed by atoms with van der Waals surface area (Å²) in [6.45, 7) is 3.03. The molecule has 0 aliphatic carbocycles. The molecule has 1 saturated heterocycles. The average Bonchev–Trinajstić information content (AvgIpc) is 3.17. The van der Waals surface area contributed by atoms with E-state index in [0.29, 0.717) is 11.7 Å². The first-order valence-electron chi connectivity index (χ1n) is 7.77. The Balaban J connectivity index is 1.45. The van der Waals surface area contributed by atoms with Gasteiger partial charge >= 0.3 is 0 Å². The van der Waals surface area contributed by atoms with Crippen LogP contribution in [-0.4, -0.2) is 44.2 Å². The largest absolute Gasteiger partial charge is 0.368 e. The molecule has 4 N–H and O–H groups in total. The van der Waals surface area contributed by atoms with Crippen LogP contribution in [-0.2, 0) is 6.54 Å². The van der Waals surface area contributed by atoms with Crippen molar-refractivity contribution in [3.05, 3.63) is 42.1 Å². The maximum Gasteiger partial charge on any atom is 0.224 e. The summed E-state index contributed by atoms with van der Waals surface area (Å²) in [5, 5.41) is 11.2. The number of aromatic nitrogens is 4. The van der Waals surface area contributed by atoms with Crippen LogP contribution in [0.4, 0.5) is 11.8 Å². The molecule has 0 radical (unpaired) electrons. The van der Waals surface area contributed by atoms with Crippen LogP contribution in [0.3, 0.4) is 0 Å². The number of H-pyrrole nitrogens is 1. The highest BCUT2D eigenvalue weighted by Gasteiger charge is 2.23. The highest BCUT2D eigenvalue weighted by Crippen LogP contribution is 2.22. The number of fused-ring (bicyclic) bond motifs is 1. The van der Waals surface area contributed by atoms with E-state index < -0.39 is 0 Å². The van der Waals surface area contributed by atoms with Gasteiger partial charge in [0.15, 0.2) is 5.65 Å². The Morgan fingerprint density at radius 1 is 1.26 bits per heavy atom. The molecule has 23 heavy (non-hydrogen) atoms. The van der Waals surface area contributed by atoms with Gasteiger partial charge < -0.3 is 11.1 Å². The number of nitrogens with zero attached hydrogens (tertiary/aromatic N) is 4. The molecule has 3 aromatic rings. The standard InChI is InChI=1S/C16H19N7/c17-16-20-14(13-8-18-22-15(13)21-16)19-12-6-7-23(10-12)9-11-4-2-1-3-5-11/h1-5,8,12H,6-7,9-10H2,(H4,17,18,19,20,21,22). The Labute approximate surface area is 133 Å². The number of nitrogen functional groups attached to an aromatic ring is 1. The topological polar surface area (TPSA) is 95.7 Å². The molecule has 118 valence electrons. The Morgan fingerprint density at radius 2 is 2.13 bits per heavy atom. The molecular weight excluding hydrogens is 290 g/mol. The molecule has 2 aromatic heterocycles. The Hall–Kier alpha value is -2.67. The first-order chi connectivity index (χ1) is 11.3. The molecule has 0 bridgehead atoms. The second-order valence-electron chi connectivity index (χ2n) is 5.91. The Kier molecular flexibility index (Phi) is 3.55. The minimum absolute atomic E-state index is 0.253. The van der Waals surface area contributed by atoms with Gasteiger partial charge in [-0.15, -0.1) is 0 Å². The lowest BCUT2D eigenvalue weighted by Crippen LogP contribution is -2.26. The van der Waals surface area contributed by atoms with Crippen molar-refractivity contribution in [2.45, 2.75) is 19.0 Å². The Morgan fingerprint density at radius 3 is 3.00 bits per heavy atom. The van der Waals surface area contributed by atoms with Crippen molar-refractivity contribution in [2.24, 2.45) is 0 Å². The normalized spacial score (nSPS) is 18.5. The lowest BCUT2D eigenvalue weighted by Gasteiger charge is -2.17. The van der Waals surface area contributed by atoms with E-state index in [-0.39, 0.29) is 5.95 Å². The zero-order valence-corrected chi connectivity index (χ0v) is 12.7. The van der Waals surface area contributed by atoms with Gasteiger partial charge in [0.2, 0.25) is 5.95 Å². The van der Waals surface area contributed by atoms with Crippen LogP contribution >= 0.6 is 0 Å². The molecule has 1 fully saturated rings. The minimum atomic E-state index is 0.253. The predicted octanol–water partition coefficient (Wildman–Crippen LogP) is 1.62. The van der Waals surface area contributed by atoms with Gasteiger partial charge in [0.1, 0.15) is 5.82 Å². The van der Waals surface area contributed by atoms with Gasteiger partial charge in [-0.25, -0.2) is 0 Å². The van der Waals surface area contributed by atoms with Crippen molar-refractivity contribution in [3.63, 3.8) is 0 Å². The number of nitrogens with one attached hydrogen (secondary N) is 2. The number of rotatable bonds is 4. The summed E-state index contributed by atoms with van der Waals surface area (Å²) in [5.74, 6) is 1.01. The van der Waals surface area contributed by atoms with Crippen LogP contribution in [0.2, 0.25) is 0 Å². The lowest BCUT2D eigenvalue weighted by atomic mass is 10.2. The Bertz CT molecular complexity index is 799. The van der Waals surface area contributed by atoms with Crippen molar-refractivity contribution in [3.8, 4) is 0 Å². The number of anilines is 2. The van der Waals surface area contributed by atoms with Gasteiger partial charge in [0.05, 0.1) is 11.6 Å². The number of aromatic amines is 1. The van der Waals surface area contributed by atoms with E-state index in [1.807, 2.05) is 6.07 Å². The fraction of sp³-hybridized carbons (Fsp3) is 0.312. The van der Waals surface area contributed by atoms with E-state index in [2.05, 4.69) is 54.6 Å². The van der Waals surface area contributed by atoms with Gasteiger partial charge in [-0.2, -0.15) is 15.1 Å². The molecule has 1 atom stereocenters. The summed E-state index contributed by atoms with van der Waals surface area (Å²) in [6, 6.07) is 10.9. The summed E-state index contributed by atoms with van der Waals surface area (Å²) >= 11 is 0. The summed E-state index contributed by atoms with van der Waals surface area (Å²) in [5.41, 5.74) is 7.78. The predicted molar refractivity (Wildman–Crippen MR) is 89.8 cm³/mol. The molecule has 3 heterocycles. The van der Waals surface area contributed by atoms with Gasteiger partial charge in [-0.1, -0.05) is 30.3 Å². The van der Waals surface area contributed by atoms with Crippen molar-refractivity contribution in [2.75, 3.05) is 24.1 Å². The monoisotopic (exact) mass is 309 g/mol. The zero-order chi connectivity index (χ0) is 15.6. The van der Waals surface area contributed by atoms with Gasteiger partial charge in [-0.05, 0) is 12.0 Å². The van der Waals surface area contributed by atoms with Gasteiger partial charge in [0.25, 0.3) is 0 Å². The quantitative estimate of drug-likeness (QED) is 0.678. The van der Waals surface area contributed by atoms with E-state index in [1.165, 1.54) is 5.56 Å². The molecule has 7 heteroatoms. The van der Waals surface area contributed by atoms with Crippen LogP contribution in [0.25, 0.3) is 11.0 Å². The first-order valence-corrected chi connectivity index (χ1v) is 7.77. The molecule has 1 unspecified atom stereocenters. The van der Waals surface area contributed by atoms with E-state index in [1.54, 1.807) is 6.20 Å². The SMILES string of the molecule is Nc1nc(NC2CCN(Cc3ccccc3)C2)c2cn[nH]c2n1. The van der Waals surface area contributed by atoms with Crippen LogP contribution in [0.1, 0.15) is 12.0 Å². The van der Waals surface area contributed by atoms with Crippen LogP contribution in [0.15, 0.2) is 36.5 Å². The van der Waals surface area contributed by atoms with Gasteiger partial charge in [0, 0.05) is 25.7 Å². The smallest absolute Gasteiger partial charge is 0.224 e. The summed E-state index contributed by atoms with van der Waals surface area (Å²) in [6.07, 6.45) is 2.81. The molecular formula is C16H19N7. The summed E-state index contributed by atoms with van der Waals surface area (Å²) in [7, 11) is 0. The highest BCUT2D eigenvalue weighted by atomic mass is 15.2. The fourth-order valence-electron chi connectivity index (χ4n) is 3.09. The maximum atomic E-state index is 5.77. The fourth-order valence-corrected chi connectivity index (χ4v) is 3.09. The third-order valence-corrected chi connectivity index (χ3v) is 4.19. The van der Waals surface area contributed by atoms with Crippen LogP contribution < -0.4 is 11.1 Å². The molecule has 7 nitrogen and oxygen atoms in total. The van der Waals surface area contributed by atoms with E-state index >= 15 is 0 Å². The summed E-state index contributed by atoms with van der Waals surface area (Å²) in [4.78, 5) is 10.9. The van der Waals surface area contributed by atoms with Crippen LogP contribution in [0, 0.1) is 0 Å². The highest BCUT2D eigenvalue weighted by molar-refractivity contribution is 5.86. The molecule has 0 spiro atoms. The number of hydrogen-bond acceptors (Lipinski definition) is 6. The molecule has 0 saturated carbocycles. The van der Waals surface area contributed by atoms with Crippen molar-refractivity contribution < 1.29 is 0 Å². The van der Waals surface area contributed by atoms with Crippen molar-refractivity contribution >= 4 is 22.8 Å². The summed E-state index contributed by atoms with van der Waals surface area (Å²) < 4.78 is 0. The van der Waals surface area contributed by atoms with Crippen molar-refractivity contribution in [1.82, 2.24) is 25.1 Å². The third-order valence-electron chi connectivity index (χ3n) is 4.19. The maximum absolute atomic E-state index is 5.77. The lowest BCUT2D eigenvalue weighted by molar-refractivity contribution is 0.328. The zero-order valence-electron chi connectivity index (χ0n) is 12.7. The number of benzene rings is 1. The average molecular weight is 309 g/mol. The number of hydrogen-bond donors (Lipinski definition) is 3. The van der Waals surface area contributed by atoms with Gasteiger partial charge in [-0.3, -0.25) is 10.00 Å². The van der Waals surface area contributed by atoms with Crippen molar-refractivity contribution in [1.29, 1.82) is 0 Å². The second kappa shape index (κ2) is 5.85. The molecule has 1 aliphatic rings. The molecule has 1 aliphatic heterocycles. The minimum Gasteiger partial charge on any atom is -0.368 e.